The highest BCUT2D eigenvalue weighted by molar-refractivity contribution is 7.98. The molecule has 3 nitrogen and oxygen atoms in total. The van der Waals surface area contributed by atoms with E-state index in [-0.39, 0.29) is 5.90 Å². The van der Waals surface area contributed by atoms with Gasteiger partial charge in [0.25, 0.3) is 0 Å². The lowest BCUT2D eigenvalue weighted by Crippen LogP contribution is -2.01. The highest BCUT2D eigenvalue weighted by atomic mass is 35.5. The Kier molecular flexibility index (Phi) is 5.18. The minimum absolute atomic E-state index is 0.280. The van der Waals surface area contributed by atoms with Gasteiger partial charge in [-0.2, -0.15) is 0 Å². The van der Waals surface area contributed by atoms with Crippen LogP contribution in [0.4, 0.5) is 0 Å². The lowest BCUT2D eigenvalue weighted by atomic mass is 10.2. The smallest absolute Gasteiger partial charge is 0.363 e. The molecular formula is C19H14ClNO2S. The van der Waals surface area contributed by atoms with Gasteiger partial charge >= 0.3 is 5.97 Å². The molecule has 0 saturated carbocycles. The van der Waals surface area contributed by atoms with Gasteiger partial charge in [-0.15, -0.1) is 11.8 Å². The van der Waals surface area contributed by atoms with Gasteiger partial charge in [-0.3, -0.25) is 0 Å². The summed E-state index contributed by atoms with van der Waals surface area (Å²) in [5.41, 5.74) is 2.15. The Hall–Kier alpha value is -2.30. The van der Waals surface area contributed by atoms with Crippen LogP contribution in [0.15, 0.2) is 70.2 Å². The first kappa shape index (κ1) is 16.6. The van der Waals surface area contributed by atoms with Crippen molar-refractivity contribution in [3.8, 4) is 0 Å². The van der Waals surface area contributed by atoms with Crippen LogP contribution in [0, 0.1) is 0 Å². The molecule has 2 aromatic rings. The maximum atomic E-state index is 11.9. The van der Waals surface area contributed by atoms with Crippen LogP contribution in [0.5, 0.6) is 0 Å². The van der Waals surface area contributed by atoms with E-state index in [2.05, 4.69) is 4.99 Å². The Labute approximate surface area is 149 Å². The Bertz CT molecular complexity index is 837. The van der Waals surface area contributed by atoms with Gasteiger partial charge in [-0.05, 0) is 53.8 Å². The SMILES string of the molecule is CSc1ccc(/C=C2N=C(/C=C/c3ccc(Cl)cc3)OC\2=O)cc1. The largest absolute Gasteiger partial charge is 0.403 e. The zero-order valence-electron chi connectivity index (χ0n) is 12.9. The molecule has 0 atom stereocenters. The van der Waals surface area contributed by atoms with Crippen LogP contribution in [-0.2, 0) is 9.53 Å². The highest BCUT2D eigenvalue weighted by Gasteiger charge is 2.20. The van der Waals surface area contributed by atoms with Crippen molar-refractivity contribution in [2.45, 2.75) is 4.90 Å². The van der Waals surface area contributed by atoms with Crippen LogP contribution in [0.2, 0.25) is 5.02 Å². The summed E-state index contributed by atoms with van der Waals surface area (Å²) < 4.78 is 5.16. The number of hydrogen-bond donors (Lipinski definition) is 0. The molecule has 2 aromatic carbocycles. The predicted octanol–water partition coefficient (Wildman–Crippen LogP) is 5.07. The van der Waals surface area contributed by atoms with E-state index >= 15 is 0 Å². The summed E-state index contributed by atoms with van der Waals surface area (Å²) in [5.74, 6) is -0.165. The summed E-state index contributed by atoms with van der Waals surface area (Å²) in [7, 11) is 0. The first-order valence-electron chi connectivity index (χ1n) is 7.24. The van der Waals surface area contributed by atoms with Crippen molar-refractivity contribution >= 4 is 47.4 Å². The quantitative estimate of drug-likeness (QED) is 0.436. The van der Waals surface area contributed by atoms with Gasteiger partial charge in [-0.25, -0.2) is 9.79 Å². The topological polar surface area (TPSA) is 38.7 Å². The van der Waals surface area contributed by atoms with Crippen LogP contribution < -0.4 is 0 Å². The molecule has 0 aliphatic carbocycles. The van der Waals surface area contributed by atoms with Crippen LogP contribution in [-0.4, -0.2) is 18.1 Å². The molecular weight excluding hydrogens is 342 g/mol. The number of esters is 1. The van der Waals surface area contributed by atoms with E-state index in [9.17, 15) is 4.79 Å². The molecule has 0 saturated heterocycles. The zero-order chi connectivity index (χ0) is 16.9. The van der Waals surface area contributed by atoms with Crippen LogP contribution in [0.1, 0.15) is 11.1 Å². The number of nitrogens with zero attached hydrogens (tertiary/aromatic N) is 1. The van der Waals surface area contributed by atoms with Crippen molar-refractivity contribution in [1.29, 1.82) is 0 Å². The zero-order valence-corrected chi connectivity index (χ0v) is 14.5. The molecule has 3 rings (SSSR count). The second-order valence-electron chi connectivity index (χ2n) is 5.03. The Balaban J connectivity index is 1.76. The Morgan fingerprint density at radius 2 is 1.67 bits per heavy atom. The summed E-state index contributed by atoms with van der Waals surface area (Å²) in [4.78, 5) is 17.3. The predicted molar refractivity (Wildman–Crippen MR) is 100 cm³/mol. The summed E-state index contributed by atoms with van der Waals surface area (Å²) in [6.07, 6.45) is 7.22. The van der Waals surface area contributed by atoms with E-state index in [4.69, 9.17) is 16.3 Å². The maximum absolute atomic E-state index is 11.9. The lowest BCUT2D eigenvalue weighted by molar-refractivity contribution is -0.129. The molecule has 0 spiro atoms. The van der Waals surface area contributed by atoms with Crippen LogP contribution in [0.3, 0.4) is 0 Å². The Morgan fingerprint density at radius 3 is 2.33 bits per heavy atom. The van der Waals surface area contributed by atoms with Crippen molar-refractivity contribution in [2.75, 3.05) is 6.26 Å². The fourth-order valence-electron chi connectivity index (χ4n) is 2.10. The van der Waals surface area contributed by atoms with Gasteiger partial charge in [-0.1, -0.05) is 35.9 Å². The number of rotatable bonds is 4. The average Bonchev–Trinajstić information content (AvgIpc) is 2.95. The maximum Gasteiger partial charge on any atom is 0.363 e. The Morgan fingerprint density at radius 1 is 1.00 bits per heavy atom. The number of benzene rings is 2. The molecule has 1 aliphatic heterocycles. The molecule has 0 amide bonds. The summed E-state index contributed by atoms with van der Waals surface area (Å²) in [5, 5.41) is 0.675. The van der Waals surface area contributed by atoms with Gasteiger partial charge in [0.05, 0.1) is 0 Å². The number of ether oxygens (including phenoxy) is 1. The number of carbonyl (C=O) groups is 1. The molecule has 24 heavy (non-hydrogen) atoms. The van der Waals surface area contributed by atoms with Gasteiger partial charge < -0.3 is 4.74 Å². The normalized spacial score (nSPS) is 15.8. The average molecular weight is 356 g/mol. The first-order chi connectivity index (χ1) is 11.6. The van der Waals surface area contributed by atoms with Crippen molar-refractivity contribution in [3.05, 3.63) is 76.5 Å². The van der Waals surface area contributed by atoms with Gasteiger partial charge in [0, 0.05) is 16.0 Å². The molecule has 0 aromatic heterocycles. The minimum atomic E-state index is -0.445. The number of thioether (sulfide) groups is 1. The third kappa shape index (κ3) is 4.16. The van der Waals surface area contributed by atoms with E-state index in [0.717, 1.165) is 11.1 Å². The van der Waals surface area contributed by atoms with E-state index in [1.165, 1.54) is 4.90 Å². The van der Waals surface area contributed by atoms with E-state index < -0.39 is 5.97 Å². The van der Waals surface area contributed by atoms with Crippen LogP contribution >= 0.6 is 23.4 Å². The second-order valence-corrected chi connectivity index (χ2v) is 6.34. The minimum Gasteiger partial charge on any atom is -0.403 e. The second kappa shape index (κ2) is 7.51. The summed E-state index contributed by atoms with van der Waals surface area (Å²) in [6.45, 7) is 0. The first-order valence-corrected chi connectivity index (χ1v) is 8.84. The summed E-state index contributed by atoms with van der Waals surface area (Å²) in [6, 6.07) is 15.2. The number of cyclic esters (lactones) is 1. The monoisotopic (exact) mass is 355 g/mol. The number of carbonyl (C=O) groups excluding carboxylic acids is 1. The van der Waals surface area contributed by atoms with E-state index in [0.29, 0.717) is 10.7 Å². The standard InChI is InChI=1S/C19H14ClNO2S/c1-24-16-9-4-14(5-10-16)12-17-19(22)23-18(21-17)11-6-13-2-7-15(20)8-3-13/h2-12H,1H3/b11-6+,17-12-. The molecule has 0 radical (unpaired) electrons. The number of aliphatic imine (C=N–C) groups is 1. The molecule has 5 heteroatoms. The molecule has 1 heterocycles. The van der Waals surface area contributed by atoms with Crippen molar-refractivity contribution in [3.63, 3.8) is 0 Å². The fraction of sp³-hybridized carbons (Fsp3) is 0.0526. The number of hydrogen-bond acceptors (Lipinski definition) is 4. The van der Waals surface area contributed by atoms with Gasteiger partial charge in [0.15, 0.2) is 5.70 Å². The summed E-state index contributed by atoms with van der Waals surface area (Å²) >= 11 is 7.52. The van der Waals surface area contributed by atoms with E-state index in [1.807, 2.05) is 48.7 Å². The molecule has 0 bridgehead atoms. The fourth-order valence-corrected chi connectivity index (χ4v) is 2.63. The molecule has 0 unspecified atom stereocenters. The highest BCUT2D eigenvalue weighted by Crippen LogP contribution is 2.20. The van der Waals surface area contributed by atoms with Gasteiger partial charge in [0.2, 0.25) is 5.90 Å². The van der Waals surface area contributed by atoms with E-state index in [1.54, 1.807) is 36.0 Å². The third-order valence-corrected chi connectivity index (χ3v) is 4.34. The van der Waals surface area contributed by atoms with Crippen molar-refractivity contribution in [2.24, 2.45) is 4.99 Å². The van der Waals surface area contributed by atoms with Gasteiger partial charge in [0.1, 0.15) is 0 Å². The van der Waals surface area contributed by atoms with Crippen molar-refractivity contribution in [1.82, 2.24) is 0 Å². The molecule has 0 N–H and O–H groups in total. The molecule has 1 aliphatic rings. The lowest BCUT2D eigenvalue weighted by Gasteiger charge is -1.97. The van der Waals surface area contributed by atoms with Crippen LogP contribution in [0.25, 0.3) is 12.2 Å². The number of halogens is 1. The molecule has 120 valence electrons. The van der Waals surface area contributed by atoms with Crippen molar-refractivity contribution < 1.29 is 9.53 Å². The molecule has 0 fully saturated rings. The third-order valence-electron chi connectivity index (χ3n) is 3.34.